The molecule has 4 rings (SSSR count). The molecule has 3 aromatic rings. The molecule has 0 bridgehead atoms. The molecule has 1 saturated heterocycles. The monoisotopic (exact) mass is 625 g/mol. The van der Waals surface area contributed by atoms with Crippen LogP contribution in [0.25, 0.3) is 11.2 Å². The van der Waals surface area contributed by atoms with Crippen molar-refractivity contribution in [3.05, 3.63) is 66.4 Å². The molecule has 1 aliphatic rings. The first-order valence-electron chi connectivity index (χ1n) is 14.6. The second-order valence-electron chi connectivity index (χ2n) is 12.2. The van der Waals surface area contributed by atoms with Crippen LogP contribution in [0.5, 0.6) is 5.75 Å². The molecule has 3 heterocycles. The van der Waals surface area contributed by atoms with Crippen molar-refractivity contribution in [2.45, 2.75) is 72.2 Å². The average molecular weight is 626 g/mol. The van der Waals surface area contributed by atoms with Crippen LogP contribution in [0.15, 0.2) is 39.4 Å². The van der Waals surface area contributed by atoms with Crippen LogP contribution >= 0.6 is 0 Å². The molecule has 1 aliphatic heterocycles. The van der Waals surface area contributed by atoms with Gasteiger partial charge in [-0.3, -0.25) is 28.8 Å². The lowest BCUT2D eigenvalue weighted by Gasteiger charge is -2.34. The number of imidazole rings is 1. The van der Waals surface area contributed by atoms with Crippen molar-refractivity contribution >= 4 is 34.7 Å². The Hall–Kier alpha value is -4.95. The Bertz CT molecular complexity index is 1790. The first kappa shape index (κ1) is 33.0. The fourth-order valence-electron chi connectivity index (χ4n) is 5.27. The van der Waals surface area contributed by atoms with E-state index in [2.05, 4.69) is 5.32 Å². The number of fused-ring (bicyclic) bond motifs is 1. The number of hydrogen-bond acceptors (Lipinski definition) is 10. The zero-order valence-electron chi connectivity index (χ0n) is 26.6. The van der Waals surface area contributed by atoms with Crippen LogP contribution in [0.4, 0.5) is 16.4 Å². The van der Waals surface area contributed by atoms with E-state index in [1.54, 1.807) is 25.3 Å². The van der Waals surface area contributed by atoms with Gasteiger partial charge >= 0.3 is 17.5 Å². The number of anilines is 1. The SMILES string of the molecule is COc1cccc(C(=O)Cn2c(=O)c3c(nc(N4CCCC(NC(=O)OC(C)(C)C)C4)n3CC=C(C)C)n(C)c2=O)c1[N+](=O)[O-]. The molecule has 1 unspecified atom stereocenters. The summed E-state index contributed by atoms with van der Waals surface area (Å²) in [6.45, 7) is 9.67. The largest absolute Gasteiger partial charge is 0.490 e. The van der Waals surface area contributed by atoms with E-state index in [4.69, 9.17) is 14.5 Å². The Morgan fingerprint density at radius 2 is 1.91 bits per heavy atom. The number of methoxy groups -OCH3 is 1. The Labute approximate surface area is 259 Å². The maximum Gasteiger partial charge on any atom is 0.407 e. The molecule has 242 valence electrons. The Morgan fingerprint density at radius 3 is 2.53 bits per heavy atom. The molecular weight excluding hydrogens is 586 g/mol. The van der Waals surface area contributed by atoms with Crippen molar-refractivity contribution in [3.8, 4) is 5.75 Å². The van der Waals surface area contributed by atoms with Crippen molar-refractivity contribution in [2.75, 3.05) is 25.1 Å². The van der Waals surface area contributed by atoms with Crippen LogP contribution in [-0.2, 0) is 24.9 Å². The summed E-state index contributed by atoms with van der Waals surface area (Å²) < 4.78 is 14.1. The summed E-state index contributed by atoms with van der Waals surface area (Å²) in [5.74, 6) is -0.494. The topological polar surface area (TPSA) is 173 Å². The number of amides is 1. The Kier molecular flexibility index (Phi) is 9.49. The highest BCUT2D eigenvalue weighted by Crippen LogP contribution is 2.31. The van der Waals surface area contributed by atoms with Crippen molar-refractivity contribution in [1.29, 1.82) is 0 Å². The average Bonchev–Trinajstić information content (AvgIpc) is 3.35. The summed E-state index contributed by atoms with van der Waals surface area (Å²) >= 11 is 0. The van der Waals surface area contributed by atoms with Gasteiger partial charge in [0.05, 0.1) is 18.6 Å². The van der Waals surface area contributed by atoms with Crippen LogP contribution < -0.4 is 26.2 Å². The molecule has 1 atom stereocenters. The number of Topliss-reactive ketones (excluding diaryl/α,β-unsaturated/α-hetero) is 1. The molecule has 2 aromatic heterocycles. The molecule has 45 heavy (non-hydrogen) atoms. The van der Waals surface area contributed by atoms with Gasteiger partial charge in [-0.2, -0.15) is 4.98 Å². The zero-order chi connectivity index (χ0) is 33.2. The summed E-state index contributed by atoms with van der Waals surface area (Å²) in [4.78, 5) is 71.0. The van der Waals surface area contributed by atoms with Crippen molar-refractivity contribution < 1.29 is 24.0 Å². The predicted molar refractivity (Wildman–Crippen MR) is 167 cm³/mol. The van der Waals surface area contributed by atoms with Gasteiger partial charge in [0.25, 0.3) is 5.56 Å². The van der Waals surface area contributed by atoms with E-state index in [0.717, 1.165) is 16.6 Å². The summed E-state index contributed by atoms with van der Waals surface area (Å²) in [5.41, 5.74) is -1.84. The minimum absolute atomic E-state index is 0.0970. The van der Waals surface area contributed by atoms with E-state index in [1.807, 2.05) is 24.8 Å². The molecule has 1 fully saturated rings. The zero-order valence-corrected chi connectivity index (χ0v) is 26.6. The highest BCUT2D eigenvalue weighted by molar-refractivity contribution is 6.00. The molecule has 0 saturated carbocycles. The van der Waals surface area contributed by atoms with Gasteiger partial charge < -0.3 is 24.3 Å². The summed E-state index contributed by atoms with van der Waals surface area (Å²) in [6.07, 6.45) is 2.82. The van der Waals surface area contributed by atoms with E-state index in [1.165, 1.54) is 36.9 Å². The number of aryl methyl sites for hydroxylation is 1. The van der Waals surface area contributed by atoms with Crippen LogP contribution in [0.3, 0.4) is 0 Å². The number of piperidine rings is 1. The molecule has 0 aliphatic carbocycles. The molecular formula is C30H39N7O8. The van der Waals surface area contributed by atoms with E-state index in [9.17, 15) is 29.3 Å². The minimum atomic E-state index is -0.804. The lowest BCUT2D eigenvalue weighted by molar-refractivity contribution is -0.386. The molecule has 15 nitrogen and oxygen atoms in total. The summed E-state index contributed by atoms with van der Waals surface area (Å²) in [6, 6.07) is 3.78. The Balaban J connectivity index is 1.79. The number of ketones is 1. The van der Waals surface area contributed by atoms with Gasteiger partial charge in [-0.15, -0.1) is 0 Å². The number of alkyl carbamates (subject to hydrolysis) is 1. The lowest BCUT2D eigenvalue weighted by Crippen LogP contribution is -2.49. The molecule has 15 heteroatoms. The number of rotatable bonds is 9. The third-order valence-electron chi connectivity index (χ3n) is 7.32. The summed E-state index contributed by atoms with van der Waals surface area (Å²) in [5, 5.41) is 14.7. The molecule has 1 amide bonds. The van der Waals surface area contributed by atoms with Gasteiger partial charge in [0, 0.05) is 32.7 Å². The number of carbonyl (C=O) groups is 2. The molecule has 0 radical (unpaired) electrons. The first-order chi connectivity index (χ1) is 21.1. The van der Waals surface area contributed by atoms with E-state index >= 15 is 0 Å². The van der Waals surface area contributed by atoms with Crippen molar-refractivity contribution in [3.63, 3.8) is 0 Å². The number of nitro benzene ring substituents is 1. The minimum Gasteiger partial charge on any atom is -0.490 e. The van der Waals surface area contributed by atoms with Crippen LogP contribution in [0.2, 0.25) is 0 Å². The van der Waals surface area contributed by atoms with Gasteiger partial charge in [-0.1, -0.05) is 17.7 Å². The van der Waals surface area contributed by atoms with Crippen LogP contribution in [0.1, 0.15) is 57.8 Å². The van der Waals surface area contributed by atoms with E-state index in [0.29, 0.717) is 25.5 Å². The predicted octanol–water partition coefficient (Wildman–Crippen LogP) is 3.16. The number of hydrogen-bond donors (Lipinski definition) is 1. The van der Waals surface area contributed by atoms with Crippen LogP contribution in [0, 0.1) is 10.1 Å². The van der Waals surface area contributed by atoms with Crippen LogP contribution in [-0.4, -0.2) is 67.3 Å². The number of nitro groups is 1. The normalized spacial score (nSPS) is 15.1. The standard InChI is InChI=1S/C30H39N7O8/c1-18(2)13-15-35-24-25(32-27(35)34-14-9-10-19(16-34)31-28(40)45-30(3,4)5)33(6)29(41)36(26(24)39)17-21(38)20-11-8-12-22(44-7)23(20)37(42)43/h8,11-13,19H,9-10,14-17H2,1-7H3,(H,31,40). The fraction of sp³-hybridized carbons (Fsp3) is 0.500. The molecule has 0 spiro atoms. The fourth-order valence-corrected chi connectivity index (χ4v) is 5.27. The number of aromatic nitrogens is 4. The quantitative estimate of drug-likeness (QED) is 0.161. The number of ether oxygens (including phenoxy) is 2. The third-order valence-corrected chi connectivity index (χ3v) is 7.32. The summed E-state index contributed by atoms with van der Waals surface area (Å²) in [7, 11) is 2.69. The first-order valence-corrected chi connectivity index (χ1v) is 14.6. The lowest BCUT2D eigenvalue weighted by atomic mass is 10.1. The molecule has 1 N–H and O–H groups in total. The van der Waals surface area contributed by atoms with Crippen molar-refractivity contribution in [2.24, 2.45) is 7.05 Å². The number of nitrogens with one attached hydrogen (secondary N) is 1. The highest BCUT2D eigenvalue weighted by Gasteiger charge is 2.30. The van der Waals surface area contributed by atoms with E-state index < -0.39 is 45.9 Å². The number of nitrogens with zero attached hydrogens (tertiary/aromatic N) is 6. The number of allylic oxidation sites excluding steroid dienone is 2. The Morgan fingerprint density at radius 1 is 1.20 bits per heavy atom. The maximum absolute atomic E-state index is 14.0. The van der Waals surface area contributed by atoms with Gasteiger partial charge in [-0.25, -0.2) is 9.59 Å². The second-order valence-corrected chi connectivity index (χ2v) is 12.2. The van der Waals surface area contributed by atoms with Gasteiger partial charge in [0.1, 0.15) is 11.2 Å². The number of benzene rings is 1. The second kappa shape index (κ2) is 13.0. The highest BCUT2D eigenvalue weighted by atomic mass is 16.6. The molecule has 1 aromatic carbocycles. The van der Waals surface area contributed by atoms with Gasteiger partial charge in [-0.05, 0) is 59.6 Å². The smallest absolute Gasteiger partial charge is 0.407 e. The van der Waals surface area contributed by atoms with Gasteiger partial charge in [0.2, 0.25) is 5.95 Å². The van der Waals surface area contributed by atoms with Gasteiger partial charge in [0.15, 0.2) is 22.7 Å². The number of carbonyl (C=O) groups excluding carboxylic acids is 2. The van der Waals surface area contributed by atoms with E-state index in [-0.39, 0.29) is 35.1 Å². The third kappa shape index (κ3) is 7.07. The number of para-hydroxylation sites is 1. The van der Waals surface area contributed by atoms with Crippen molar-refractivity contribution in [1.82, 2.24) is 24.0 Å². The maximum atomic E-state index is 14.0.